The highest BCUT2D eigenvalue weighted by Crippen LogP contribution is 2.20. The predicted octanol–water partition coefficient (Wildman–Crippen LogP) is 1.74. The Morgan fingerprint density at radius 3 is 2.65 bits per heavy atom. The summed E-state index contributed by atoms with van der Waals surface area (Å²) in [5, 5.41) is 7.29. The number of carbonyl (C=O) groups is 1. The van der Waals surface area contributed by atoms with Crippen molar-refractivity contribution in [2.75, 3.05) is 18.4 Å². The average molecular weight is 375 g/mol. The topological polar surface area (TPSA) is 118 Å². The summed E-state index contributed by atoms with van der Waals surface area (Å²) in [5.74, 6) is 0.620. The number of anilines is 1. The van der Waals surface area contributed by atoms with E-state index in [4.69, 9.17) is 5.14 Å². The number of sulfonamides is 1. The van der Waals surface area contributed by atoms with E-state index < -0.39 is 15.3 Å². The van der Waals surface area contributed by atoms with E-state index in [9.17, 15) is 13.2 Å². The molecule has 3 N–H and O–H groups in total. The Balaban J connectivity index is 1.66. The van der Waals surface area contributed by atoms with Crippen molar-refractivity contribution in [2.45, 2.75) is 25.0 Å². The summed E-state index contributed by atoms with van der Waals surface area (Å²) < 4.78 is 23.0. The zero-order chi connectivity index (χ0) is 18.7. The van der Waals surface area contributed by atoms with Crippen molar-refractivity contribution in [3.8, 4) is 11.4 Å². The van der Waals surface area contributed by atoms with Crippen LogP contribution in [0.1, 0.15) is 18.5 Å². The SMILES string of the molecule is Cc1ccnc(-c2ccc(NC(=O)N3CCCC(S(N)(=O)=O)C3)cc2)n1. The van der Waals surface area contributed by atoms with E-state index in [0.717, 1.165) is 11.3 Å². The van der Waals surface area contributed by atoms with Gasteiger partial charge in [0.1, 0.15) is 0 Å². The maximum atomic E-state index is 12.4. The highest BCUT2D eigenvalue weighted by molar-refractivity contribution is 7.89. The van der Waals surface area contributed by atoms with Crippen LogP contribution in [0.4, 0.5) is 10.5 Å². The number of nitrogens with one attached hydrogen (secondary N) is 1. The average Bonchev–Trinajstić information content (AvgIpc) is 2.62. The third kappa shape index (κ3) is 4.36. The number of benzene rings is 1. The number of likely N-dealkylation sites (tertiary alicyclic amines) is 1. The van der Waals surface area contributed by atoms with Gasteiger partial charge in [0.25, 0.3) is 0 Å². The molecular weight excluding hydrogens is 354 g/mol. The first kappa shape index (κ1) is 18.3. The molecule has 0 spiro atoms. The molecule has 26 heavy (non-hydrogen) atoms. The Morgan fingerprint density at radius 2 is 2.00 bits per heavy atom. The number of urea groups is 1. The molecule has 0 bridgehead atoms. The van der Waals surface area contributed by atoms with Gasteiger partial charge in [-0.2, -0.15) is 0 Å². The van der Waals surface area contributed by atoms with Crippen molar-refractivity contribution in [3.63, 3.8) is 0 Å². The minimum Gasteiger partial charge on any atom is -0.323 e. The molecule has 138 valence electrons. The first-order valence-corrected chi connectivity index (χ1v) is 9.91. The summed E-state index contributed by atoms with van der Waals surface area (Å²) in [6.07, 6.45) is 2.79. The first-order valence-electron chi connectivity index (χ1n) is 8.30. The molecular formula is C17H21N5O3S. The van der Waals surface area contributed by atoms with E-state index in [1.165, 1.54) is 4.90 Å². The van der Waals surface area contributed by atoms with Gasteiger partial charge < -0.3 is 10.2 Å². The van der Waals surface area contributed by atoms with Crippen LogP contribution >= 0.6 is 0 Å². The molecule has 8 nitrogen and oxygen atoms in total. The van der Waals surface area contributed by atoms with Gasteiger partial charge in [-0.05, 0) is 50.1 Å². The van der Waals surface area contributed by atoms with Gasteiger partial charge >= 0.3 is 6.03 Å². The minimum absolute atomic E-state index is 0.111. The number of nitrogens with two attached hydrogens (primary N) is 1. The maximum absolute atomic E-state index is 12.4. The van der Waals surface area contributed by atoms with Crippen LogP contribution in [0.2, 0.25) is 0 Å². The van der Waals surface area contributed by atoms with Crippen LogP contribution in [-0.2, 0) is 10.0 Å². The van der Waals surface area contributed by atoms with Crippen molar-refractivity contribution in [1.29, 1.82) is 0 Å². The van der Waals surface area contributed by atoms with Crippen LogP contribution in [0.3, 0.4) is 0 Å². The quantitative estimate of drug-likeness (QED) is 0.847. The number of aromatic nitrogens is 2. The third-order valence-corrected chi connectivity index (χ3v) is 5.63. The van der Waals surface area contributed by atoms with Gasteiger partial charge in [0.2, 0.25) is 10.0 Å². The third-order valence-electron chi connectivity index (χ3n) is 4.32. The number of aryl methyl sites for hydroxylation is 1. The fourth-order valence-electron chi connectivity index (χ4n) is 2.88. The maximum Gasteiger partial charge on any atom is 0.321 e. The summed E-state index contributed by atoms with van der Waals surface area (Å²) in [6, 6.07) is 8.67. The molecule has 0 aliphatic carbocycles. The second kappa shape index (κ2) is 7.38. The highest BCUT2D eigenvalue weighted by atomic mass is 32.2. The first-order chi connectivity index (χ1) is 12.3. The molecule has 1 saturated heterocycles. The number of carbonyl (C=O) groups excluding carboxylic acids is 1. The van der Waals surface area contributed by atoms with Gasteiger partial charge in [-0.25, -0.2) is 28.3 Å². The van der Waals surface area contributed by atoms with Gasteiger partial charge in [0.05, 0.1) is 5.25 Å². The van der Waals surface area contributed by atoms with Crippen molar-refractivity contribution >= 4 is 21.7 Å². The van der Waals surface area contributed by atoms with E-state index in [1.807, 2.05) is 25.1 Å². The molecule has 2 aromatic rings. The number of rotatable bonds is 3. The van der Waals surface area contributed by atoms with Crippen LogP contribution in [0.15, 0.2) is 36.5 Å². The number of hydrogen-bond donors (Lipinski definition) is 2. The fraction of sp³-hybridized carbons (Fsp3) is 0.353. The molecule has 0 saturated carbocycles. The molecule has 1 atom stereocenters. The summed E-state index contributed by atoms with van der Waals surface area (Å²) in [5.41, 5.74) is 2.34. The summed E-state index contributed by atoms with van der Waals surface area (Å²) >= 11 is 0. The van der Waals surface area contributed by atoms with Gasteiger partial charge in [-0.1, -0.05) is 0 Å². The molecule has 1 aliphatic heterocycles. The van der Waals surface area contributed by atoms with Gasteiger partial charge in [0, 0.05) is 36.2 Å². The lowest BCUT2D eigenvalue weighted by atomic mass is 10.1. The Labute approximate surface area is 152 Å². The zero-order valence-corrected chi connectivity index (χ0v) is 15.2. The van der Waals surface area contributed by atoms with E-state index in [-0.39, 0.29) is 12.6 Å². The van der Waals surface area contributed by atoms with Gasteiger partial charge in [-0.3, -0.25) is 0 Å². The molecule has 2 amide bonds. The molecule has 9 heteroatoms. The molecule has 1 unspecified atom stereocenters. The van der Waals surface area contributed by atoms with Crippen LogP contribution in [-0.4, -0.2) is 47.7 Å². The predicted molar refractivity (Wildman–Crippen MR) is 98.9 cm³/mol. The van der Waals surface area contributed by atoms with Crippen LogP contribution in [0, 0.1) is 6.92 Å². The van der Waals surface area contributed by atoms with Crippen LogP contribution < -0.4 is 10.5 Å². The largest absolute Gasteiger partial charge is 0.323 e. The molecule has 2 heterocycles. The molecule has 1 aromatic carbocycles. The monoisotopic (exact) mass is 375 g/mol. The molecule has 1 fully saturated rings. The van der Waals surface area contributed by atoms with Crippen molar-refractivity contribution in [1.82, 2.24) is 14.9 Å². The van der Waals surface area contributed by atoms with E-state index in [2.05, 4.69) is 15.3 Å². The Hall–Kier alpha value is -2.52. The lowest BCUT2D eigenvalue weighted by Gasteiger charge is -2.31. The van der Waals surface area contributed by atoms with Crippen LogP contribution in [0.5, 0.6) is 0 Å². The normalized spacial score (nSPS) is 17.8. The summed E-state index contributed by atoms with van der Waals surface area (Å²) in [4.78, 5) is 22.5. The standard InChI is InChI=1S/C17H21N5O3S/c1-12-8-9-19-16(20-12)13-4-6-14(7-5-13)21-17(23)22-10-2-3-15(11-22)26(18,24)25/h4-9,15H,2-3,10-11H2,1H3,(H,21,23)(H2,18,24,25). The van der Waals surface area contributed by atoms with E-state index in [0.29, 0.717) is 30.9 Å². The second-order valence-electron chi connectivity index (χ2n) is 6.33. The minimum atomic E-state index is -3.64. The zero-order valence-electron chi connectivity index (χ0n) is 14.4. The number of piperidine rings is 1. The van der Waals surface area contributed by atoms with Gasteiger partial charge in [0.15, 0.2) is 5.82 Å². The summed E-state index contributed by atoms with van der Waals surface area (Å²) in [6.45, 7) is 2.51. The van der Waals surface area contributed by atoms with Crippen molar-refractivity contribution in [2.24, 2.45) is 5.14 Å². The summed E-state index contributed by atoms with van der Waals surface area (Å²) in [7, 11) is -3.64. The highest BCUT2D eigenvalue weighted by Gasteiger charge is 2.30. The lowest BCUT2D eigenvalue weighted by Crippen LogP contribution is -2.48. The number of primary sulfonamides is 1. The Morgan fingerprint density at radius 1 is 1.27 bits per heavy atom. The van der Waals surface area contributed by atoms with E-state index in [1.54, 1.807) is 18.3 Å². The van der Waals surface area contributed by atoms with Gasteiger partial charge in [-0.15, -0.1) is 0 Å². The molecule has 1 aliphatic rings. The number of amides is 2. The number of hydrogen-bond acceptors (Lipinski definition) is 5. The molecule has 1 aromatic heterocycles. The molecule has 0 radical (unpaired) electrons. The van der Waals surface area contributed by atoms with E-state index >= 15 is 0 Å². The molecule has 3 rings (SSSR count). The Bertz CT molecular complexity index is 899. The second-order valence-corrected chi connectivity index (χ2v) is 8.17. The van der Waals surface area contributed by atoms with Crippen molar-refractivity contribution < 1.29 is 13.2 Å². The van der Waals surface area contributed by atoms with Crippen molar-refractivity contribution in [3.05, 3.63) is 42.2 Å². The fourth-order valence-corrected chi connectivity index (χ4v) is 3.77. The van der Waals surface area contributed by atoms with Crippen LogP contribution in [0.25, 0.3) is 11.4 Å². The Kier molecular flexibility index (Phi) is 5.19. The smallest absolute Gasteiger partial charge is 0.321 e. The number of nitrogens with zero attached hydrogens (tertiary/aromatic N) is 3. The lowest BCUT2D eigenvalue weighted by molar-refractivity contribution is 0.200.